The molecule has 3 aromatic rings. The number of carbonyl (C=O) groups excluding carboxylic acids is 1. The number of nitrogens with zero attached hydrogens (tertiary/aromatic N) is 1. The number of aromatic nitrogens is 2. The monoisotopic (exact) mass is 331 g/mol. The Labute approximate surface area is 135 Å². The van der Waals surface area contributed by atoms with Crippen LogP contribution in [-0.4, -0.2) is 22.4 Å². The molecule has 0 saturated heterocycles. The van der Waals surface area contributed by atoms with E-state index < -0.39 is 17.3 Å². The van der Waals surface area contributed by atoms with Crippen molar-refractivity contribution in [3.63, 3.8) is 0 Å². The van der Waals surface area contributed by atoms with Crippen molar-refractivity contribution < 1.29 is 9.18 Å². The average molecular weight is 331 g/mol. The summed E-state index contributed by atoms with van der Waals surface area (Å²) in [5.41, 5.74) is 0.754. The molecule has 0 unspecified atom stereocenters. The van der Waals surface area contributed by atoms with Gasteiger partial charge in [0.15, 0.2) is 0 Å². The molecule has 2 heterocycles. The summed E-state index contributed by atoms with van der Waals surface area (Å²) in [5.74, 6) is -0.895. The lowest BCUT2D eigenvalue weighted by atomic mass is 10.1. The van der Waals surface area contributed by atoms with Crippen LogP contribution in [0.4, 0.5) is 4.39 Å². The summed E-state index contributed by atoms with van der Waals surface area (Å²) in [5, 5.41) is 6.23. The topological polar surface area (TPSA) is 74.8 Å². The van der Waals surface area contributed by atoms with Crippen LogP contribution in [0.15, 0.2) is 34.4 Å². The van der Waals surface area contributed by atoms with Gasteiger partial charge >= 0.3 is 0 Å². The van der Waals surface area contributed by atoms with E-state index in [2.05, 4.69) is 15.3 Å². The van der Waals surface area contributed by atoms with E-state index in [1.54, 1.807) is 11.3 Å². The maximum atomic E-state index is 13.2. The summed E-state index contributed by atoms with van der Waals surface area (Å²) in [6.07, 6.45) is 0.604. The minimum atomic E-state index is -0.537. The van der Waals surface area contributed by atoms with Crippen LogP contribution in [0.5, 0.6) is 0 Å². The van der Waals surface area contributed by atoms with Gasteiger partial charge in [0.1, 0.15) is 11.4 Å². The molecule has 0 spiro atoms. The molecule has 0 fully saturated rings. The van der Waals surface area contributed by atoms with Crippen LogP contribution in [0.25, 0.3) is 10.9 Å². The van der Waals surface area contributed by atoms with Crippen molar-refractivity contribution in [2.75, 3.05) is 6.54 Å². The van der Waals surface area contributed by atoms with Gasteiger partial charge in [-0.1, -0.05) is 0 Å². The van der Waals surface area contributed by atoms with Gasteiger partial charge < -0.3 is 10.3 Å². The van der Waals surface area contributed by atoms with Crippen molar-refractivity contribution in [2.45, 2.75) is 13.3 Å². The van der Waals surface area contributed by atoms with E-state index in [9.17, 15) is 14.0 Å². The van der Waals surface area contributed by atoms with Crippen LogP contribution in [0.2, 0.25) is 0 Å². The van der Waals surface area contributed by atoms with E-state index >= 15 is 0 Å². The number of hydrogen-bond acceptors (Lipinski definition) is 4. The molecule has 0 aliphatic heterocycles. The van der Waals surface area contributed by atoms with Gasteiger partial charge in [0.2, 0.25) is 0 Å². The zero-order valence-corrected chi connectivity index (χ0v) is 13.2. The van der Waals surface area contributed by atoms with Gasteiger partial charge in [0, 0.05) is 18.3 Å². The minimum absolute atomic E-state index is 0.0126. The number of carbonyl (C=O) groups is 1. The van der Waals surface area contributed by atoms with E-state index in [1.165, 1.54) is 24.3 Å². The van der Waals surface area contributed by atoms with Crippen LogP contribution in [0.1, 0.15) is 21.1 Å². The zero-order chi connectivity index (χ0) is 16.4. The highest BCUT2D eigenvalue weighted by Crippen LogP contribution is 2.12. The van der Waals surface area contributed by atoms with Gasteiger partial charge in [-0.15, -0.1) is 11.3 Å². The molecule has 2 aromatic heterocycles. The Morgan fingerprint density at radius 2 is 2.22 bits per heavy atom. The lowest BCUT2D eigenvalue weighted by Gasteiger charge is -2.05. The molecule has 0 saturated carbocycles. The third-order valence-corrected chi connectivity index (χ3v) is 4.21. The molecule has 5 nitrogen and oxygen atoms in total. The second kappa shape index (κ2) is 6.29. The van der Waals surface area contributed by atoms with Crippen molar-refractivity contribution in [1.82, 2.24) is 15.3 Å². The van der Waals surface area contributed by atoms with Crippen LogP contribution in [-0.2, 0) is 6.42 Å². The number of amides is 1. The molecular formula is C16H14FN3O2S. The number of nitrogens with one attached hydrogen (secondary N) is 2. The quantitative estimate of drug-likeness (QED) is 0.771. The fraction of sp³-hybridized carbons (Fsp3) is 0.188. The van der Waals surface area contributed by atoms with E-state index in [1.807, 2.05) is 12.3 Å². The summed E-state index contributed by atoms with van der Waals surface area (Å²) >= 11 is 1.56. The number of pyridine rings is 1. The van der Waals surface area contributed by atoms with E-state index in [0.29, 0.717) is 23.9 Å². The maximum Gasteiger partial charge on any atom is 0.261 e. The molecule has 0 radical (unpaired) electrons. The van der Waals surface area contributed by atoms with E-state index in [0.717, 1.165) is 10.7 Å². The molecule has 3 rings (SSSR count). The lowest BCUT2D eigenvalue weighted by Crippen LogP contribution is -2.31. The Morgan fingerprint density at radius 3 is 2.96 bits per heavy atom. The van der Waals surface area contributed by atoms with E-state index in [4.69, 9.17) is 0 Å². The molecule has 118 valence electrons. The summed E-state index contributed by atoms with van der Waals surface area (Å²) in [4.78, 5) is 31.0. The van der Waals surface area contributed by atoms with Gasteiger partial charge in [-0.3, -0.25) is 9.59 Å². The highest BCUT2D eigenvalue weighted by atomic mass is 32.1. The van der Waals surface area contributed by atoms with Gasteiger partial charge in [-0.2, -0.15) is 0 Å². The molecule has 0 bridgehead atoms. The Bertz CT molecular complexity index is 932. The predicted octanol–water partition coefficient (Wildman–Crippen LogP) is 2.40. The summed E-state index contributed by atoms with van der Waals surface area (Å²) in [7, 11) is 0. The second-order valence-electron chi connectivity index (χ2n) is 5.11. The molecule has 7 heteroatoms. The first-order valence-electron chi connectivity index (χ1n) is 7.05. The molecule has 23 heavy (non-hydrogen) atoms. The Hall–Kier alpha value is -2.54. The fourth-order valence-corrected chi connectivity index (χ4v) is 2.91. The fourth-order valence-electron chi connectivity index (χ4n) is 2.26. The normalized spacial score (nSPS) is 10.9. The third-order valence-electron chi connectivity index (χ3n) is 3.39. The maximum absolute atomic E-state index is 13.2. The Balaban J connectivity index is 1.74. The largest absolute Gasteiger partial charge is 0.351 e. The number of H-pyrrole nitrogens is 1. The molecule has 0 aliphatic rings. The Morgan fingerprint density at radius 1 is 1.39 bits per heavy atom. The lowest BCUT2D eigenvalue weighted by molar-refractivity contribution is 0.0953. The third kappa shape index (κ3) is 3.45. The summed E-state index contributed by atoms with van der Waals surface area (Å²) in [6, 6.07) is 5.50. The molecule has 1 amide bonds. The smallest absolute Gasteiger partial charge is 0.261 e. The van der Waals surface area contributed by atoms with Crippen molar-refractivity contribution in [2.24, 2.45) is 0 Å². The number of aromatic amines is 1. The van der Waals surface area contributed by atoms with Crippen LogP contribution in [0, 0.1) is 12.7 Å². The highest BCUT2D eigenvalue weighted by molar-refractivity contribution is 7.09. The SMILES string of the molecule is Cc1nc(CCNC(=O)c2cc3ccc(F)cc3[nH]c2=O)cs1. The number of thiazole rings is 1. The van der Waals surface area contributed by atoms with Gasteiger partial charge in [0.25, 0.3) is 11.5 Å². The number of benzene rings is 1. The average Bonchev–Trinajstić information content (AvgIpc) is 2.91. The van der Waals surface area contributed by atoms with Crippen molar-refractivity contribution in [1.29, 1.82) is 0 Å². The van der Waals surface area contributed by atoms with Crippen LogP contribution in [0.3, 0.4) is 0 Å². The van der Waals surface area contributed by atoms with Gasteiger partial charge in [-0.25, -0.2) is 9.37 Å². The molecule has 0 aliphatic carbocycles. The number of rotatable bonds is 4. The van der Waals surface area contributed by atoms with Crippen molar-refractivity contribution >= 4 is 28.1 Å². The first-order valence-corrected chi connectivity index (χ1v) is 7.93. The van der Waals surface area contributed by atoms with E-state index in [-0.39, 0.29) is 5.56 Å². The van der Waals surface area contributed by atoms with Gasteiger partial charge in [-0.05, 0) is 36.6 Å². The second-order valence-corrected chi connectivity index (χ2v) is 6.17. The molecular weight excluding hydrogens is 317 g/mol. The molecule has 2 N–H and O–H groups in total. The van der Waals surface area contributed by atoms with Crippen LogP contribution < -0.4 is 10.9 Å². The number of aryl methyl sites for hydroxylation is 1. The first kappa shape index (κ1) is 15.4. The van der Waals surface area contributed by atoms with Crippen molar-refractivity contribution in [3.8, 4) is 0 Å². The van der Waals surface area contributed by atoms with Crippen LogP contribution >= 0.6 is 11.3 Å². The Kier molecular flexibility index (Phi) is 4.20. The molecule has 0 atom stereocenters. The molecule has 1 aromatic carbocycles. The highest BCUT2D eigenvalue weighted by Gasteiger charge is 2.12. The van der Waals surface area contributed by atoms with Crippen molar-refractivity contribution in [3.05, 3.63) is 62.1 Å². The minimum Gasteiger partial charge on any atom is -0.351 e. The zero-order valence-electron chi connectivity index (χ0n) is 12.4. The standard InChI is InChI=1S/C16H14FN3O2S/c1-9-19-12(8-23-9)4-5-18-15(21)13-6-10-2-3-11(17)7-14(10)20-16(13)22/h2-3,6-8H,4-5H2,1H3,(H,18,21)(H,20,22). The number of hydrogen-bond donors (Lipinski definition) is 2. The predicted molar refractivity (Wildman–Crippen MR) is 87.4 cm³/mol. The summed E-state index contributed by atoms with van der Waals surface area (Å²) < 4.78 is 13.2. The number of fused-ring (bicyclic) bond motifs is 1. The first-order chi connectivity index (χ1) is 11.0. The summed E-state index contributed by atoms with van der Waals surface area (Å²) in [6.45, 7) is 2.31. The number of halogens is 1. The van der Waals surface area contributed by atoms with Gasteiger partial charge in [0.05, 0.1) is 16.2 Å².